The van der Waals surface area contributed by atoms with Gasteiger partial charge in [-0.05, 0) is 53.1 Å². The van der Waals surface area contributed by atoms with Crippen molar-refractivity contribution in [2.45, 2.75) is 24.7 Å². The minimum atomic E-state index is -4.55. The van der Waals surface area contributed by atoms with E-state index in [9.17, 15) is 18.0 Å². The SMILES string of the molecule is COc1ccc(CNC(=O)NC(Cc2ccccc2)(c2cccc(C(F)(F)F)c2)c2ccccn2)cc1. The highest BCUT2D eigenvalue weighted by Gasteiger charge is 2.40. The van der Waals surface area contributed by atoms with Crippen LogP contribution in [0.4, 0.5) is 18.0 Å². The fourth-order valence-electron chi connectivity index (χ4n) is 4.16. The Morgan fingerprint density at radius 2 is 1.54 bits per heavy atom. The summed E-state index contributed by atoms with van der Waals surface area (Å²) in [7, 11) is 1.57. The third-order valence-electron chi connectivity index (χ3n) is 6.04. The summed E-state index contributed by atoms with van der Waals surface area (Å²) in [5.74, 6) is 0.690. The first-order chi connectivity index (χ1) is 17.8. The van der Waals surface area contributed by atoms with Gasteiger partial charge in [-0.25, -0.2) is 4.79 Å². The van der Waals surface area contributed by atoms with E-state index in [0.717, 1.165) is 23.3 Å². The molecular formula is C29H26F3N3O2. The zero-order chi connectivity index (χ0) is 26.3. The Hall–Kier alpha value is -4.33. The number of amides is 2. The van der Waals surface area contributed by atoms with Crippen molar-refractivity contribution < 1.29 is 22.7 Å². The van der Waals surface area contributed by atoms with Crippen LogP contribution in [-0.2, 0) is 24.7 Å². The second kappa shape index (κ2) is 11.2. The molecule has 37 heavy (non-hydrogen) atoms. The van der Waals surface area contributed by atoms with Gasteiger partial charge in [0.05, 0.1) is 18.4 Å². The molecule has 1 atom stereocenters. The molecule has 0 aliphatic rings. The number of rotatable bonds is 8. The topological polar surface area (TPSA) is 63.2 Å². The molecular weight excluding hydrogens is 479 g/mol. The first-order valence-corrected chi connectivity index (χ1v) is 11.6. The van der Waals surface area contributed by atoms with Crippen LogP contribution in [0.3, 0.4) is 0 Å². The molecule has 0 radical (unpaired) electrons. The van der Waals surface area contributed by atoms with Gasteiger partial charge in [-0.3, -0.25) is 4.98 Å². The van der Waals surface area contributed by atoms with Crippen LogP contribution in [0.5, 0.6) is 5.75 Å². The van der Waals surface area contributed by atoms with E-state index in [1.54, 1.807) is 49.7 Å². The van der Waals surface area contributed by atoms with Crippen LogP contribution < -0.4 is 15.4 Å². The summed E-state index contributed by atoms with van der Waals surface area (Å²) >= 11 is 0. The number of carbonyl (C=O) groups is 1. The number of halogens is 3. The van der Waals surface area contributed by atoms with Crippen LogP contribution in [0.15, 0.2) is 103 Å². The van der Waals surface area contributed by atoms with Crippen molar-refractivity contribution in [1.29, 1.82) is 0 Å². The van der Waals surface area contributed by atoms with Crippen molar-refractivity contribution in [3.8, 4) is 5.75 Å². The molecule has 0 bridgehead atoms. The molecule has 0 fully saturated rings. The van der Waals surface area contributed by atoms with Gasteiger partial charge >= 0.3 is 12.2 Å². The second-order valence-electron chi connectivity index (χ2n) is 8.52. The highest BCUT2D eigenvalue weighted by molar-refractivity contribution is 5.76. The van der Waals surface area contributed by atoms with Gasteiger partial charge in [0, 0.05) is 19.2 Å². The molecule has 1 heterocycles. The number of ether oxygens (including phenoxy) is 1. The molecule has 3 aromatic carbocycles. The normalized spacial score (nSPS) is 12.9. The molecule has 8 heteroatoms. The van der Waals surface area contributed by atoms with E-state index >= 15 is 0 Å². The van der Waals surface area contributed by atoms with Gasteiger partial charge < -0.3 is 15.4 Å². The molecule has 0 aliphatic carbocycles. The maximum Gasteiger partial charge on any atom is 0.416 e. The lowest BCUT2D eigenvalue weighted by Crippen LogP contribution is -2.52. The Bertz CT molecular complexity index is 1310. The number of nitrogens with zero attached hydrogens (tertiary/aromatic N) is 1. The molecule has 4 rings (SSSR count). The van der Waals surface area contributed by atoms with Gasteiger partial charge in [-0.2, -0.15) is 13.2 Å². The molecule has 2 amide bonds. The van der Waals surface area contributed by atoms with Crippen molar-refractivity contribution in [2.75, 3.05) is 7.11 Å². The van der Waals surface area contributed by atoms with Crippen LogP contribution >= 0.6 is 0 Å². The minimum absolute atomic E-state index is 0.183. The Kier molecular flexibility index (Phi) is 7.77. The van der Waals surface area contributed by atoms with E-state index in [1.165, 1.54) is 6.07 Å². The lowest BCUT2D eigenvalue weighted by molar-refractivity contribution is -0.137. The predicted molar refractivity (Wildman–Crippen MR) is 135 cm³/mol. The molecule has 4 aromatic rings. The standard InChI is InChI=1S/C29H26F3N3O2/c1-37-25-15-13-22(14-16-25)20-34-27(36)35-28(26-12-5-6-17-33-26,19-21-8-3-2-4-9-21)23-10-7-11-24(18-23)29(30,31)32/h2-18H,19-20H2,1H3,(H2,34,35,36). The average molecular weight is 506 g/mol. The first kappa shape index (κ1) is 25.8. The highest BCUT2D eigenvalue weighted by atomic mass is 19.4. The summed E-state index contributed by atoms with van der Waals surface area (Å²) in [4.78, 5) is 17.7. The monoisotopic (exact) mass is 505 g/mol. The number of hydrogen-bond donors (Lipinski definition) is 2. The van der Waals surface area contributed by atoms with Gasteiger partial charge in [-0.15, -0.1) is 0 Å². The molecule has 2 N–H and O–H groups in total. The molecule has 1 unspecified atom stereocenters. The Morgan fingerprint density at radius 3 is 2.19 bits per heavy atom. The summed E-state index contributed by atoms with van der Waals surface area (Å²) < 4.78 is 46.2. The van der Waals surface area contributed by atoms with E-state index in [4.69, 9.17) is 4.74 Å². The molecule has 5 nitrogen and oxygen atoms in total. The van der Waals surface area contributed by atoms with Crippen molar-refractivity contribution in [2.24, 2.45) is 0 Å². The first-order valence-electron chi connectivity index (χ1n) is 11.6. The lowest BCUT2D eigenvalue weighted by Gasteiger charge is -2.35. The second-order valence-corrected chi connectivity index (χ2v) is 8.52. The molecule has 1 aromatic heterocycles. The fourth-order valence-corrected chi connectivity index (χ4v) is 4.16. The van der Waals surface area contributed by atoms with Crippen LogP contribution in [0, 0.1) is 0 Å². The average Bonchev–Trinajstić information content (AvgIpc) is 2.92. The number of pyridine rings is 1. The van der Waals surface area contributed by atoms with Gasteiger partial charge in [0.1, 0.15) is 11.3 Å². The molecule has 0 spiro atoms. The molecule has 0 saturated carbocycles. The van der Waals surface area contributed by atoms with E-state index < -0.39 is 23.3 Å². The number of benzene rings is 3. The molecule has 0 saturated heterocycles. The van der Waals surface area contributed by atoms with E-state index in [2.05, 4.69) is 15.6 Å². The largest absolute Gasteiger partial charge is 0.497 e. The summed E-state index contributed by atoms with van der Waals surface area (Å²) in [6, 6.07) is 26.1. The van der Waals surface area contributed by atoms with Gasteiger partial charge in [0.25, 0.3) is 0 Å². The van der Waals surface area contributed by atoms with Crippen molar-refractivity contribution in [3.63, 3.8) is 0 Å². The number of nitrogens with one attached hydrogen (secondary N) is 2. The third kappa shape index (κ3) is 6.27. The molecule has 0 aliphatic heterocycles. The van der Waals surface area contributed by atoms with Gasteiger partial charge in [0.15, 0.2) is 0 Å². The summed E-state index contributed by atoms with van der Waals surface area (Å²) in [6.07, 6.45) is -2.81. The number of carbonyl (C=O) groups excluding carboxylic acids is 1. The summed E-state index contributed by atoms with van der Waals surface area (Å²) in [5.41, 5.74) is 0.150. The maximum atomic E-state index is 13.7. The summed E-state index contributed by atoms with van der Waals surface area (Å²) in [6.45, 7) is 0.210. The highest BCUT2D eigenvalue weighted by Crippen LogP contribution is 2.36. The van der Waals surface area contributed by atoms with Crippen LogP contribution in [0.1, 0.15) is 27.9 Å². The fraction of sp³-hybridized carbons (Fsp3) is 0.172. The Balaban J connectivity index is 1.74. The van der Waals surface area contributed by atoms with Crippen molar-refractivity contribution in [1.82, 2.24) is 15.6 Å². The summed E-state index contributed by atoms with van der Waals surface area (Å²) in [5, 5.41) is 5.80. The predicted octanol–water partition coefficient (Wildman–Crippen LogP) is 6.09. The number of urea groups is 1. The Morgan fingerprint density at radius 1 is 0.838 bits per heavy atom. The minimum Gasteiger partial charge on any atom is -0.497 e. The van der Waals surface area contributed by atoms with Crippen LogP contribution in [-0.4, -0.2) is 18.1 Å². The van der Waals surface area contributed by atoms with Gasteiger partial charge in [-0.1, -0.05) is 60.7 Å². The van der Waals surface area contributed by atoms with Crippen molar-refractivity contribution >= 4 is 6.03 Å². The number of aromatic nitrogens is 1. The van der Waals surface area contributed by atoms with E-state index in [1.807, 2.05) is 42.5 Å². The Labute approximate surface area is 213 Å². The number of hydrogen-bond acceptors (Lipinski definition) is 3. The van der Waals surface area contributed by atoms with E-state index in [0.29, 0.717) is 11.4 Å². The van der Waals surface area contributed by atoms with Crippen LogP contribution in [0.25, 0.3) is 0 Å². The zero-order valence-corrected chi connectivity index (χ0v) is 20.1. The number of alkyl halides is 3. The quantitative estimate of drug-likeness (QED) is 0.304. The smallest absolute Gasteiger partial charge is 0.416 e. The molecule has 190 valence electrons. The maximum absolute atomic E-state index is 13.7. The zero-order valence-electron chi connectivity index (χ0n) is 20.1. The van der Waals surface area contributed by atoms with Crippen LogP contribution in [0.2, 0.25) is 0 Å². The van der Waals surface area contributed by atoms with Gasteiger partial charge in [0.2, 0.25) is 0 Å². The van der Waals surface area contributed by atoms with E-state index in [-0.39, 0.29) is 18.5 Å². The van der Waals surface area contributed by atoms with Crippen molar-refractivity contribution in [3.05, 3.63) is 131 Å². The number of methoxy groups -OCH3 is 1. The third-order valence-corrected chi connectivity index (χ3v) is 6.04. The lowest BCUT2D eigenvalue weighted by atomic mass is 9.80.